The van der Waals surface area contributed by atoms with E-state index in [1.165, 1.54) is 48.5 Å². The second-order valence-electron chi connectivity index (χ2n) is 7.96. The summed E-state index contributed by atoms with van der Waals surface area (Å²) in [4.78, 5) is 36.3. The number of rotatable bonds is 3. The molecule has 0 aliphatic carbocycles. The molecule has 0 aliphatic rings. The zero-order valence-corrected chi connectivity index (χ0v) is 18.2. The fourth-order valence-electron chi connectivity index (χ4n) is 4.06. The van der Waals surface area contributed by atoms with Crippen LogP contribution in [0.1, 0.15) is 0 Å². The minimum atomic E-state index is -0.870. The first kappa shape index (κ1) is 21.2. The number of benzene rings is 3. The highest BCUT2D eigenvalue weighted by Gasteiger charge is 2.22. The lowest BCUT2D eigenvalue weighted by Crippen LogP contribution is -2.04. The van der Waals surface area contributed by atoms with Crippen LogP contribution in [0.2, 0.25) is 0 Å². The summed E-state index contributed by atoms with van der Waals surface area (Å²) in [5, 5.41) is 22.8. The number of ether oxygens (including phenoxy) is 1. The topological polar surface area (TPSA) is 140 Å². The van der Waals surface area contributed by atoms with Crippen LogP contribution in [0.15, 0.2) is 100 Å². The molecular weight excluding hydrogens is 468 g/mol. The molecule has 0 fully saturated rings. The van der Waals surface area contributed by atoms with E-state index in [0.717, 1.165) is 0 Å². The van der Waals surface area contributed by atoms with Gasteiger partial charge in [0.1, 0.15) is 28.4 Å². The minimum absolute atomic E-state index is 0.00493. The van der Waals surface area contributed by atoms with E-state index >= 15 is 0 Å². The monoisotopic (exact) mass is 482 g/mol. The Morgan fingerprint density at radius 1 is 0.583 bits per heavy atom. The molecule has 0 saturated carbocycles. The molecule has 6 rings (SSSR count). The summed E-state index contributed by atoms with van der Waals surface area (Å²) in [5.74, 6) is -0.528. The molecule has 36 heavy (non-hydrogen) atoms. The summed E-state index contributed by atoms with van der Waals surface area (Å²) in [6, 6.07) is 17.6. The molecule has 9 heteroatoms. The van der Waals surface area contributed by atoms with Crippen LogP contribution in [0.3, 0.4) is 0 Å². The molecule has 0 atom stereocenters. The van der Waals surface area contributed by atoms with Gasteiger partial charge in [0, 0.05) is 34.4 Å². The Labute approximate surface area is 199 Å². The lowest BCUT2D eigenvalue weighted by molar-refractivity contribution is 0.435. The van der Waals surface area contributed by atoms with Gasteiger partial charge >= 0.3 is 16.9 Å². The van der Waals surface area contributed by atoms with Gasteiger partial charge in [0.2, 0.25) is 5.75 Å². The molecule has 2 N–H and O–H groups in total. The Morgan fingerprint density at radius 3 is 1.92 bits per heavy atom. The molecule has 0 spiro atoms. The molecule has 0 unspecified atom stereocenters. The fourth-order valence-corrected chi connectivity index (χ4v) is 4.06. The third-order valence-electron chi connectivity index (χ3n) is 5.69. The standard InChI is InChI=1S/C27H14O9/c28-17-7-2-14-5-10-22(31)35-25(14)23(17)24-18(29)8-3-15-11-20(27(32)36-26(15)24)33-16-6-1-13-4-9-21(30)34-19(13)12-16/h1-12,28-29H. The van der Waals surface area contributed by atoms with Crippen molar-refractivity contribution in [2.24, 2.45) is 0 Å². The van der Waals surface area contributed by atoms with Crippen LogP contribution in [0.4, 0.5) is 0 Å². The average molecular weight is 482 g/mol. The van der Waals surface area contributed by atoms with Crippen LogP contribution in [-0.2, 0) is 0 Å². The van der Waals surface area contributed by atoms with Crippen molar-refractivity contribution >= 4 is 32.9 Å². The quantitative estimate of drug-likeness (QED) is 0.338. The van der Waals surface area contributed by atoms with Gasteiger partial charge in [-0.3, -0.25) is 0 Å². The van der Waals surface area contributed by atoms with Crippen LogP contribution < -0.4 is 21.6 Å². The molecule has 3 aromatic heterocycles. The normalized spacial score (nSPS) is 11.3. The maximum Gasteiger partial charge on any atom is 0.379 e. The maximum atomic E-state index is 12.9. The SMILES string of the molecule is O=c1ccc2ccc(Oc3cc4ccc(O)c(-c5c(O)ccc6ccc(=O)oc56)c4oc3=O)cc2o1. The average Bonchev–Trinajstić information content (AvgIpc) is 2.85. The van der Waals surface area contributed by atoms with Crippen molar-refractivity contribution in [3.63, 3.8) is 0 Å². The van der Waals surface area contributed by atoms with Crippen molar-refractivity contribution < 1.29 is 28.2 Å². The van der Waals surface area contributed by atoms with Gasteiger partial charge in [-0.15, -0.1) is 0 Å². The van der Waals surface area contributed by atoms with Gasteiger partial charge in [0.25, 0.3) is 0 Å². The molecule has 0 saturated heterocycles. The fraction of sp³-hybridized carbons (Fsp3) is 0. The van der Waals surface area contributed by atoms with E-state index in [-0.39, 0.29) is 50.9 Å². The van der Waals surface area contributed by atoms with Gasteiger partial charge in [-0.25, -0.2) is 14.4 Å². The summed E-state index contributed by atoms with van der Waals surface area (Å²) in [7, 11) is 0. The van der Waals surface area contributed by atoms with Crippen molar-refractivity contribution in [3.05, 3.63) is 104 Å². The lowest BCUT2D eigenvalue weighted by Gasteiger charge is -2.12. The van der Waals surface area contributed by atoms with E-state index in [1.807, 2.05) is 0 Å². The highest BCUT2D eigenvalue weighted by atomic mass is 16.5. The molecule has 176 valence electrons. The van der Waals surface area contributed by atoms with Crippen LogP contribution in [0.25, 0.3) is 44.0 Å². The number of phenolic OH excluding ortho intramolecular Hbond substituents is 2. The Hall–Kier alpha value is -5.31. The van der Waals surface area contributed by atoms with Crippen LogP contribution in [0, 0.1) is 0 Å². The summed E-state index contributed by atoms with van der Waals surface area (Å²) in [6.07, 6.45) is 0. The molecule has 6 aromatic rings. The first-order valence-corrected chi connectivity index (χ1v) is 10.7. The number of fused-ring (bicyclic) bond motifs is 3. The first-order chi connectivity index (χ1) is 17.4. The van der Waals surface area contributed by atoms with E-state index in [0.29, 0.717) is 16.2 Å². The molecule has 9 nitrogen and oxygen atoms in total. The first-order valence-electron chi connectivity index (χ1n) is 10.7. The number of hydrogen-bond donors (Lipinski definition) is 2. The summed E-state index contributed by atoms with van der Waals surface area (Å²) in [5.41, 5.74) is -1.83. The highest BCUT2D eigenvalue weighted by molar-refractivity contribution is 6.05. The Bertz CT molecular complexity index is 2010. The van der Waals surface area contributed by atoms with Gasteiger partial charge in [0.05, 0.1) is 11.1 Å². The van der Waals surface area contributed by atoms with E-state index in [2.05, 4.69) is 0 Å². The van der Waals surface area contributed by atoms with Gasteiger partial charge in [-0.05, 0) is 54.6 Å². The summed E-state index contributed by atoms with van der Waals surface area (Å²) < 4.78 is 21.7. The number of aromatic hydroxyl groups is 2. The van der Waals surface area contributed by atoms with Crippen molar-refractivity contribution in [2.75, 3.05) is 0 Å². The molecule has 0 radical (unpaired) electrons. The largest absolute Gasteiger partial charge is 0.507 e. The Kier molecular flexibility index (Phi) is 4.65. The minimum Gasteiger partial charge on any atom is -0.507 e. The predicted molar refractivity (Wildman–Crippen MR) is 130 cm³/mol. The Balaban J connectivity index is 1.53. The lowest BCUT2D eigenvalue weighted by atomic mass is 9.98. The molecule has 0 aliphatic heterocycles. The van der Waals surface area contributed by atoms with E-state index in [1.54, 1.807) is 24.3 Å². The maximum absolute atomic E-state index is 12.9. The van der Waals surface area contributed by atoms with Crippen molar-refractivity contribution in [1.82, 2.24) is 0 Å². The van der Waals surface area contributed by atoms with Crippen molar-refractivity contribution in [2.45, 2.75) is 0 Å². The summed E-state index contributed by atoms with van der Waals surface area (Å²) in [6.45, 7) is 0. The number of hydrogen-bond acceptors (Lipinski definition) is 9. The molecule has 0 amide bonds. The smallest absolute Gasteiger partial charge is 0.379 e. The second kappa shape index (κ2) is 7.88. The highest BCUT2D eigenvalue weighted by Crippen LogP contribution is 2.44. The molecule has 3 heterocycles. The van der Waals surface area contributed by atoms with E-state index in [9.17, 15) is 24.6 Å². The van der Waals surface area contributed by atoms with Crippen LogP contribution in [-0.4, -0.2) is 10.2 Å². The van der Waals surface area contributed by atoms with E-state index in [4.69, 9.17) is 18.0 Å². The summed E-state index contributed by atoms with van der Waals surface area (Å²) >= 11 is 0. The molecule has 3 aromatic carbocycles. The third kappa shape index (κ3) is 3.46. The predicted octanol–water partition coefficient (Wildman–Crippen LogP) is 4.88. The van der Waals surface area contributed by atoms with Crippen molar-refractivity contribution in [1.29, 1.82) is 0 Å². The zero-order chi connectivity index (χ0) is 25.0. The molecular formula is C27H14O9. The zero-order valence-electron chi connectivity index (χ0n) is 18.2. The molecule has 0 bridgehead atoms. The van der Waals surface area contributed by atoms with Crippen molar-refractivity contribution in [3.8, 4) is 34.1 Å². The third-order valence-corrected chi connectivity index (χ3v) is 5.69. The number of phenols is 2. The second-order valence-corrected chi connectivity index (χ2v) is 7.96. The Morgan fingerprint density at radius 2 is 1.17 bits per heavy atom. The van der Waals surface area contributed by atoms with Gasteiger partial charge in [-0.1, -0.05) is 0 Å². The van der Waals surface area contributed by atoms with Crippen LogP contribution in [0.5, 0.6) is 23.0 Å². The van der Waals surface area contributed by atoms with E-state index < -0.39 is 16.9 Å². The van der Waals surface area contributed by atoms with Gasteiger partial charge in [-0.2, -0.15) is 0 Å². The van der Waals surface area contributed by atoms with Gasteiger partial charge < -0.3 is 28.2 Å². The van der Waals surface area contributed by atoms with Gasteiger partial charge in [0.15, 0.2) is 5.58 Å². The van der Waals surface area contributed by atoms with Crippen LogP contribution >= 0.6 is 0 Å².